The van der Waals surface area contributed by atoms with Gasteiger partial charge in [0.2, 0.25) is 0 Å². The minimum Gasteiger partial charge on any atom is -0.496 e. The fourth-order valence-corrected chi connectivity index (χ4v) is 2.05. The van der Waals surface area contributed by atoms with E-state index in [-0.39, 0.29) is 0 Å². The summed E-state index contributed by atoms with van der Waals surface area (Å²) in [6.45, 7) is 3.96. The molecule has 0 atom stereocenters. The summed E-state index contributed by atoms with van der Waals surface area (Å²) >= 11 is 0. The second-order valence-corrected chi connectivity index (χ2v) is 4.34. The number of hydrogen-bond donors (Lipinski definition) is 0. The summed E-state index contributed by atoms with van der Waals surface area (Å²) in [5, 5.41) is 0. The molecule has 0 unspecified atom stereocenters. The quantitative estimate of drug-likeness (QED) is 0.779. The lowest BCUT2D eigenvalue weighted by Crippen LogP contribution is -1.97. The average Bonchev–Trinajstić information content (AvgIpc) is 2.72. The van der Waals surface area contributed by atoms with Crippen LogP contribution in [0.4, 0.5) is 0 Å². The van der Waals surface area contributed by atoms with Gasteiger partial charge in [-0.15, -0.1) is 0 Å². The maximum Gasteiger partial charge on any atom is 0.168 e. The third-order valence-corrected chi connectivity index (χ3v) is 3.09. The van der Waals surface area contributed by atoms with Gasteiger partial charge in [0.25, 0.3) is 0 Å². The fraction of sp³-hybridized carbons (Fsp3) is 0.286. The molecule has 2 rings (SSSR count). The predicted molar refractivity (Wildman–Crippen MR) is 70.1 cm³/mol. The number of aromatic nitrogens is 2. The molecular weight excluding hydrogens is 228 g/mol. The van der Waals surface area contributed by atoms with Gasteiger partial charge in [0, 0.05) is 12.6 Å². The molecule has 0 saturated carbocycles. The number of ether oxygens (including phenoxy) is 1. The number of carbonyl (C=O) groups excluding carboxylic acids is 1. The van der Waals surface area contributed by atoms with Crippen LogP contribution < -0.4 is 4.74 Å². The van der Waals surface area contributed by atoms with Crippen LogP contribution in [-0.2, 0) is 7.05 Å². The van der Waals surface area contributed by atoms with E-state index in [1.54, 1.807) is 18.0 Å². The number of aldehydes is 1. The van der Waals surface area contributed by atoms with Crippen molar-refractivity contribution < 1.29 is 9.53 Å². The van der Waals surface area contributed by atoms with Crippen LogP contribution in [0.25, 0.3) is 11.3 Å². The third kappa shape index (κ3) is 1.90. The lowest BCUT2D eigenvalue weighted by Gasteiger charge is -2.10. The molecule has 1 aromatic carbocycles. The Morgan fingerprint density at radius 2 is 2.00 bits per heavy atom. The van der Waals surface area contributed by atoms with Crippen LogP contribution in [0.1, 0.15) is 21.6 Å². The highest BCUT2D eigenvalue weighted by atomic mass is 16.5. The molecular formula is C14H16N2O2. The number of nitrogens with zero attached hydrogens (tertiary/aromatic N) is 2. The molecule has 0 aliphatic rings. The highest BCUT2D eigenvalue weighted by Crippen LogP contribution is 2.30. The van der Waals surface area contributed by atoms with Crippen molar-refractivity contribution in [2.24, 2.45) is 7.05 Å². The van der Waals surface area contributed by atoms with Gasteiger partial charge >= 0.3 is 0 Å². The Hall–Kier alpha value is -2.10. The van der Waals surface area contributed by atoms with Crippen LogP contribution in [0.2, 0.25) is 0 Å². The Labute approximate surface area is 106 Å². The lowest BCUT2D eigenvalue weighted by molar-refractivity contribution is 0.111. The van der Waals surface area contributed by atoms with Crippen LogP contribution >= 0.6 is 0 Å². The number of imidazole rings is 1. The van der Waals surface area contributed by atoms with Crippen LogP contribution in [0.3, 0.4) is 0 Å². The minimum absolute atomic E-state index is 0.586. The van der Waals surface area contributed by atoms with Gasteiger partial charge in [-0.25, -0.2) is 4.98 Å². The minimum atomic E-state index is 0.586. The molecule has 1 aromatic heterocycles. The topological polar surface area (TPSA) is 44.1 Å². The summed E-state index contributed by atoms with van der Waals surface area (Å²) in [6.07, 6.45) is 2.49. The molecule has 18 heavy (non-hydrogen) atoms. The average molecular weight is 244 g/mol. The summed E-state index contributed by atoms with van der Waals surface area (Å²) in [6, 6.07) is 3.97. The Morgan fingerprint density at radius 3 is 2.61 bits per heavy atom. The van der Waals surface area contributed by atoms with Crippen molar-refractivity contribution >= 4 is 6.29 Å². The predicted octanol–water partition coefficient (Wildman–Crippen LogP) is 2.53. The molecule has 0 aliphatic carbocycles. The van der Waals surface area contributed by atoms with Crippen molar-refractivity contribution in [3.05, 3.63) is 35.3 Å². The van der Waals surface area contributed by atoms with Crippen molar-refractivity contribution in [2.75, 3.05) is 7.11 Å². The van der Waals surface area contributed by atoms with E-state index in [9.17, 15) is 4.79 Å². The smallest absolute Gasteiger partial charge is 0.168 e. The van der Waals surface area contributed by atoms with E-state index in [1.807, 2.05) is 33.0 Å². The molecule has 2 aromatic rings. The molecule has 0 saturated heterocycles. The van der Waals surface area contributed by atoms with Crippen LogP contribution in [-0.4, -0.2) is 22.9 Å². The second kappa shape index (κ2) is 4.64. The number of carbonyl (C=O) groups is 1. The summed E-state index contributed by atoms with van der Waals surface area (Å²) in [5.41, 5.74) is 4.34. The first kappa shape index (κ1) is 12.4. The highest BCUT2D eigenvalue weighted by molar-refractivity contribution is 5.85. The number of aryl methyl sites for hydroxylation is 3. The second-order valence-electron chi connectivity index (χ2n) is 4.34. The number of methoxy groups -OCH3 is 1. The van der Waals surface area contributed by atoms with Crippen molar-refractivity contribution in [1.82, 2.24) is 9.55 Å². The molecule has 0 bridgehead atoms. The summed E-state index contributed by atoms with van der Waals surface area (Å²) in [7, 11) is 3.46. The van der Waals surface area contributed by atoms with Crippen molar-refractivity contribution in [1.29, 1.82) is 0 Å². The van der Waals surface area contributed by atoms with Gasteiger partial charge in [0.1, 0.15) is 11.4 Å². The highest BCUT2D eigenvalue weighted by Gasteiger charge is 2.14. The molecule has 0 radical (unpaired) electrons. The molecule has 94 valence electrons. The van der Waals surface area contributed by atoms with Gasteiger partial charge in [-0.05, 0) is 37.1 Å². The van der Waals surface area contributed by atoms with E-state index < -0.39 is 0 Å². The Balaban J connectivity index is 2.64. The monoisotopic (exact) mass is 244 g/mol. The zero-order valence-electron chi connectivity index (χ0n) is 11.0. The SMILES string of the molecule is COc1cc(C)c(-c2ncn(C)c2C=O)cc1C. The molecule has 0 aliphatic heterocycles. The van der Waals surface area contributed by atoms with E-state index in [0.717, 1.165) is 34.4 Å². The standard InChI is InChI=1S/C14H16N2O2/c1-9-6-13(18-4)10(2)5-11(9)14-12(7-17)16(3)8-15-14/h5-8H,1-4H3. The molecule has 4 heteroatoms. The molecule has 4 nitrogen and oxygen atoms in total. The largest absolute Gasteiger partial charge is 0.496 e. The number of benzene rings is 1. The van der Waals surface area contributed by atoms with Crippen LogP contribution in [0.15, 0.2) is 18.5 Å². The van der Waals surface area contributed by atoms with Crippen molar-refractivity contribution in [3.8, 4) is 17.0 Å². The number of rotatable bonds is 3. The van der Waals surface area contributed by atoms with E-state index in [2.05, 4.69) is 4.98 Å². The molecule has 1 heterocycles. The van der Waals surface area contributed by atoms with Gasteiger partial charge < -0.3 is 9.30 Å². The number of hydrogen-bond acceptors (Lipinski definition) is 3. The van der Waals surface area contributed by atoms with Crippen LogP contribution in [0.5, 0.6) is 5.75 Å². The van der Waals surface area contributed by atoms with E-state index in [1.165, 1.54) is 0 Å². The zero-order valence-corrected chi connectivity index (χ0v) is 11.0. The zero-order chi connectivity index (χ0) is 13.3. The van der Waals surface area contributed by atoms with Gasteiger partial charge in [-0.3, -0.25) is 4.79 Å². The van der Waals surface area contributed by atoms with E-state index in [0.29, 0.717) is 5.69 Å². The fourth-order valence-electron chi connectivity index (χ4n) is 2.05. The summed E-state index contributed by atoms with van der Waals surface area (Å²) < 4.78 is 7.01. The Kier molecular flexibility index (Phi) is 3.19. The van der Waals surface area contributed by atoms with Gasteiger partial charge in [0.15, 0.2) is 6.29 Å². The lowest BCUT2D eigenvalue weighted by atomic mass is 10.0. The van der Waals surface area contributed by atoms with Gasteiger partial charge in [0.05, 0.1) is 19.1 Å². The van der Waals surface area contributed by atoms with Crippen molar-refractivity contribution in [3.63, 3.8) is 0 Å². The maximum atomic E-state index is 11.1. The maximum absolute atomic E-state index is 11.1. The summed E-state index contributed by atoms with van der Waals surface area (Å²) in [5.74, 6) is 0.847. The van der Waals surface area contributed by atoms with Gasteiger partial charge in [-0.2, -0.15) is 0 Å². The summed E-state index contributed by atoms with van der Waals surface area (Å²) in [4.78, 5) is 15.4. The molecule has 0 N–H and O–H groups in total. The third-order valence-electron chi connectivity index (χ3n) is 3.09. The van der Waals surface area contributed by atoms with E-state index >= 15 is 0 Å². The van der Waals surface area contributed by atoms with Crippen molar-refractivity contribution in [2.45, 2.75) is 13.8 Å². The first-order chi connectivity index (χ1) is 8.58. The normalized spacial score (nSPS) is 10.4. The molecule has 0 spiro atoms. The van der Waals surface area contributed by atoms with Gasteiger partial charge in [-0.1, -0.05) is 0 Å². The van der Waals surface area contributed by atoms with E-state index in [4.69, 9.17) is 4.74 Å². The molecule has 0 fully saturated rings. The van der Waals surface area contributed by atoms with Crippen LogP contribution in [0, 0.1) is 13.8 Å². The molecule has 0 amide bonds. The Bertz CT molecular complexity index is 600. The first-order valence-electron chi connectivity index (χ1n) is 5.70. The Morgan fingerprint density at radius 1 is 1.28 bits per heavy atom. The first-order valence-corrected chi connectivity index (χ1v) is 5.70.